The summed E-state index contributed by atoms with van der Waals surface area (Å²) in [5, 5.41) is 3.74. The Morgan fingerprint density at radius 3 is 2.56 bits per heavy atom. The molecule has 0 aromatic heterocycles. The first-order chi connectivity index (χ1) is 12.0. The number of halogens is 1. The van der Waals surface area contributed by atoms with Crippen molar-refractivity contribution in [1.29, 1.82) is 0 Å². The number of amides is 1. The highest BCUT2D eigenvalue weighted by atomic mass is 35.5. The van der Waals surface area contributed by atoms with E-state index in [9.17, 15) is 4.79 Å². The molecule has 1 N–H and O–H groups in total. The zero-order valence-electron chi connectivity index (χ0n) is 14.9. The summed E-state index contributed by atoms with van der Waals surface area (Å²) >= 11 is 6.13. The maximum absolute atomic E-state index is 12.6. The number of aryl methyl sites for hydroxylation is 1. The maximum Gasteiger partial charge on any atom is 0.227 e. The molecule has 1 saturated heterocycles. The molecule has 0 aliphatic carbocycles. The third kappa shape index (κ3) is 4.42. The lowest BCUT2D eigenvalue weighted by Crippen LogP contribution is -2.38. The van der Waals surface area contributed by atoms with E-state index in [0.29, 0.717) is 5.02 Å². The van der Waals surface area contributed by atoms with Crippen LogP contribution in [0.5, 0.6) is 0 Å². The largest absolute Gasteiger partial charge is 0.326 e. The van der Waals surface area contributed by atoms with E-state index in [1.165, 1.54) is 11.1 Å². The fourth-order valence-electron chi connectivity index (χ4n) is 3.36. The Hall–Kier alpha value is -1.84. The van der Waals surface area contributed by atoms with Gasteiger partial charge in [-0.25, -0.2) is 0 Å². The minimum atomic E-state index is 0.0755. The predicted molar refractivity (Wildman–Crippen MR) is 104 cm³/mol. The van der Waals surface area contributed by atoms with E-state index >= 15 is 0 Å². The van der Waals surface area contributed by atoms with Crippen molar-refractivity contribution in [3.63, 3.8) is 0 Å². The van der Waals surface area contributed by atoms with Crippen LogP contribution in [-0.2, 0) is 11.3 Å². The highest BCUT2D eigenvalue weighted by Gasteiger charge is 2.25. The van der Waals surface area contributed by atoms with E-state index in [2.05, 4.69) is 41.4 Å². The van der Waals surface area contributed by atoms with Crippen LogP contribution in [0.1, 0.15) is 29.5 Å². The summed E-state index contributed by atoms with van der Waals surface area (Å²) in [5.41, 5.74) is 4.45. The van der Waals surface area contributed by atoms with Gasteiger partial charge >= 0.3 is 0 Å². The van der Waals surface area contributed by atoms with Crippen molar-refractivity contribution in [3.05, 3.63) is 64.2 Å². The van der Waals surface area contributed by atoms with E-state index in [1.807, 2.05) is 25.1 Å². The molecule has 2 aromatic carbocycles. The minimum Gasteiger partial charge on any atom is -0.326 e. The normalized spacial score (nSPS) is 16.0. The van der Waals surface area contributed by atoms with Crippen molar-refractivity contribution in [1.82, 2.24) is 4.90 Å². The topological polar surface area (TPSA) is 32.3 Å². The first-order valence-corrected chi connectivity index (χ1v) is 9.25. The molecule has 25 heavy (non-hydrogen) atoms. The molecule has 0 bridgehead atoms. The molecule has 0 spiro atoms. The Balaban J connectivity index is 1.54. The monoisotopic (exact) mass is 356 g/mol. The second kappa shape index (κ2) is 8.03. The lowest BCUT2D eigenvalue weighted by Gasteiger charge is -2.31. The molecule has 1 aliphatic heterocycles. The maximum atomic E-state index is 12.6. The highest BCUT2D eigenvalue weighted by Crippen LogP contribution is 2.26. The van der Waals surface area contributed by atoms with Gasteiger partial charge in [-0.15, -0.1) is 0 Å². The van der Waals surface area contributed by atoms with Crippen LogP contribution in [0, 0.1) is 19.8 Å². The molecule has 4 heteroatoms. The second-order valence-corrected chi connectivity index (χ2v) is 7.29. The average Bonchev–Trinajstić information content (AvgIpc) is 2.61. The number of carbonyl (C=O) groups is 1. The van der Waals surface area contributed by atoms with Crippen LogP contribution in [0.15, 0.2) is 42.5 Å². The van der Waals surface area contributed by atoms with Gasteiger partial charge in [0.1, 0.15) is 0 Å². The van der Waals surface area contributed by atoms with Gasteiger partial charge in [0.15, 0.2) is 0 Å². The summed E-state index contributed by atoms with van der Waals surface area (Å²) in [6.45, 7) is 6.97. The average molecular weight is 357 g/mol. The summed E-state index contributed by atoms with van der Waals surface area (Å²) in [6.07, 6.45) is 1.80. The van der Waals surface area contributed by atoms with Crippen LogP contribution in [0.4, 0.5) is 5.69 Å². The van der Waals surface area contributed by atoms with Gasteiger partial charge in [0.2, 0.25) is 5.91 Å². The van der Waals surface area contributed by atoms with Crippen molar-refractivity contribution in [3.8, 4) is 0 Å². The summed E-state index contributed by atoms with van der Waals surface area (Å²) in [5.74, 6) is 0.187. The molecule has 2 aromatic rings. The number of piperidine rings is 1. The summed E-state index contributed by atoms with van der Waals surface area (Å²) in [6, 6.07) is 14.1. The molecule has 0 saturated carbocycles. The first-order valence-electron chi connectivity index (χ1n) is 8.87. The van der Waals surface area contributed by atoms with Crippen molar-refractivity contribution < 1.29 is 4.79 Å². The third-order valence-corrected chi connectivity index (χ3v) is 5.55. The Morgan fingerprint density at radius 1 is 1.12 bits per heavy atom. The van der Waals surface area contributed by atoms with Gasteiger partial charge in [0.25, 0.3) is 0 Å². The van der Waals surface area contributed by atoms with E-state index in [4.69, 9.17) is 11.6 Å². The number of anilines is 1. The van der Waals surface area contributed by atoms with Gasteiger partial charge in [-0.2, -0.15) is 0 Å². The molecular weight excluding hydrogens is 332 g/mol. The summed E-state index contributed by atoms with van der Waals surface area (Å²) in [4.78, 5) is 15.0. The van der Waals surface area contributed by atoms with E-state index in [-0.39, 0.29) is 11.8 Å². The zero-order valence-corrected chi connectivity index (χ0v) is 15.6. The van der Waals surface area contributed by atoms with Gasteiger partial charge in [-0.3, -0.25) is 9.69 Å². The SMILES string of the molecule is Cc1ccccc1CN1CCC(C(=O)Nc2cccc(Cl)c2C)CC1. The van der Waals surface area contributed by atoms with Gasteiger partial charge in [0.05, 0.1) is 0 Å². The fourth-order valence-corrected chi connectivity index (χ4v) is 3.53. The van der Waals surface area contributed by atoms with Crippen LogP contribution in [0.25, 0.3) is 0 Å². The smallest absolute Gasteiger partial charge is 0.227 e. The third-order valence-electron chi connectivity index (χ3n) is 5.14. The molecule has 1 aliphatic rings. The van der Waals surface area contributed by atoms with E-state index in [1.54, 1.807) is 0 Å². The first kappa shape index (κ1) is 18.0. The highest BCUT2D eigenvalue weighted by molar-refractivity contribution is 6.31. The van der Waals surface area contributed by atoms with Crippen molar-refractivity contribution in [2.24, 2.45) is 5.92 Å². The molecule has 1 amide bonds. The number of nitrogens with zero attached hydrogens (tertiary/aromatic N) is 1. The minimum absolute atomic E-state index is 0.0755. The number of benzene rings is 2. The molecule has 3 rings (SSSR count). The Bertz CT molecular complexity index is 751. The quantitative estimate of drug-likeness (QED) is 0.852. The molecule has 1 heterocycles. The molecule has 132 valence electrons. The lowest BCUT2D eigenvalue weighted by atomic mass is 9.95. The van der Waals surface area contributed by atoms with Crippen LogP contribution in [0.2, 0.25) is 5.02 Å². The predicted octanol–water partition coefficient (Wildman–Crippen LogP) is 4.81. The van der Waals surface area contributed by atoms with Crippen LogP contribution in [0.3, 0.4) is 0 Å². The molecule has 3 nitrogen and oxygen atoms in total. The number of carbonyl (C=O) groups excluding carboxylic acids is 1. The van der Waals surface area contributed by atoms with Crippen LogP contribution >= 0.6 is 11.6 Å². The number of rotatable bonds is 4. The van der Waals surface area contributed by atoms with Gasteiger partial charge in [-0.1, -0.05) is 41.9 Å². The number of likely N-dealkylation sites (tertiary alicyclic amines) is 1. The molecule has 0 radical (unpaired) electrons. The van der Waals surface area contributed by atoms with Crippen LogP contribution in [-0.4, -0.2) is 23.9 Å². The standard InChI is InChI=1S/C21H25ClN2O/c1-15-6-3-4-7-18(15)14-24-12-10-17(11-13-24)21(25)23-20-9-5-8-19(22)16(20)2/h3-9,17H,10-14H2,1-2H3,(H,23,25). The van der Waals surface area contributed by atoms with Crippen molar-refractivity contribution >= 4 is 23.2 Å². The number of hydrogen-bond acceptors (Lipinski definition) is 2. The van der Waals surface area contributed by atoms with Gasteiger partial charge in [-0.05, 0) is 68.6 Å². The Labute approximate surface area is 155 Å². The van der Waals surface area contributed by atoms with Gasteiger partial charge in [0, 0.05) is 23.2 Å². The number of nitrogens with one attached hydrogen (secondary N) is 1. The fraction of sp³-hybridized carbons (Fsp3) is 0.381. The van der Waals surface area contributed by atoms with Crippen LogP contribution < -0.4 is 5.32 Å². The molecule has 1 fully saturated rings. The Kier molecular flexibility index (Phi) is 5.77. The zero-order chi connectivity index (χ0) is 17.8. The van der Waals surface area contributed by atoms with Crippen molar-refractivity contribution in [2.45, 2.75) is 33.2 Å². The number of hydrogen-bond donors (Lipinski definition) is 1. The second-order valence-electron chi connectivity index (χ2n) is 6.88. The Morgan fingerprint density at radius 2 is 1.84 bits per heavy atom. The molecule has 0 unspecified atom stereocenters. The van der Waals surface area contributed by atoms with E-state index < -0.39 is 0 Å². The lowest BCUT2D eigenvalue weighted by molar-refractivity contribution is -0.121. The summed E-state index contributed by atoms with van der Waals surface area (Å²) < 4.78 is 0. The van der Waals surface area contributed by atoms with Gasteiger partial charge < -0.3 is 5.32 Å². The molecular formula is C21H25ClN2O. The van der Waals surface area contributed by atoms with Crippen molar-refractivity contribution in [2.75, 3.05) is 18.4 Å². The molecule has 0 atom stereocenters. The summed E-state index contributed by atoms with van der Waals surface area (Å²) in [7, 11) is 0. The van der Waals surface area contributed by atoms with E-state index in [0.717, 1.165) is 43.7 Å².